The number of benzene rings is 1. The van der Waals surface area contributed by atoms with E-state index in [1.807, 2.05) is 0 Å². The fourth-order valence-corrected chi connectivity index (χ4v) is 3.98. The maximum absolute atomic E-state index is 12.0. The van der Waals surface area contributed by atoms with Crippen LogP contribution in [0.15, 0.2) is 23.1 Å². The van der Waals surface area contributed by atoms with Crippen molar-refractivity contribution in [1.82, 2.24) is 0 Å². The van der Waals surface area contributed by atoms with Crippen molar-refractivity contribution in [2.24, 2.45) is 5.92 Å². The molecule has 0 saturated heterocycles. The van der Waals surface area contributed by atoms with Crippen LogP contribution in [0, 0.1) is 5.92 Å². The fourth-order valence-electron chi connectivity index (χ4n) is 1.53. The summed E-state index contributed by atoms with van der Waals surface area (Å²) in [7, 11) is -3.32. The first kappa shape index (κ1) is 10.8. The molecule has 0 heterocycles. The largest absolute Gasteiger partial charge is 0.398 e. The highest BCUT2D eigenvalue weighted by atomic mass is 35.5. The minimum atomic E-state index is -3.32. The average Bonchev–Trinajstić information content (AvgIpc) is 2.86. The Morgan fingerprint density at radius 2 is 2.07 bits per heavy atom. The van der Waals surface area contributed by atoms with Gasteiger partial charge in [-0.05, 0) is 30.9 Å². The lowest BCUT2D eigenvalue weighted by Crippen LogP contribution is -2.11. The van der Waals surface area contributed by atoms with Crippen LogP contribution in [0.1, 0.15) is 12.8 Å². The van der Waals surface area contributed by atoms with Crippen molar-refractivity contribution < 1.29 is 8.42 Å². The minimum absolute atomic E-state index is 0.0959. The molecule has 1 saturated carbocycles. The predicted molar refractivity (Wildman–Crippen MR) is 60.6 cm³/mol. The molecule has 0 radical (unpaired) electrons. The molecule has 1 aromatic carbocycles. The number of halogens is 1. The molecule has 0 bridgehead atoms. The van der Waals surface area contributed by atoms with Crippen LogP contribution in [0.4, 0.5) is 5.69 Å². The second-order valence-corrected chi connectivity index (χ2v) is 6.26. The third-order valence-corrected chi connectivity index (χ3v) is 4.88. The van der Waals surface area contributed by atoms with Crippen molar-refractivity contribution in [3.8, 4) is 0 Å². The van der Waals surface area contributed by atoms with Crippen LogP contribution >= 0.6 is 11.6 Å². The Morgan fingerprint density at radius 3 is 2.60 bits per heavy atom. The summed E-state index contributed by atoms with van der Waals surface area (Å²) in [4.78, 5) is 0.0959. The average molecular weight is 246 g/mol. The molecule has 2 N–H and O–H groups in total. The Balaban J connectivity index is 2.42. The van der Waals surface area contributed by atoms with Gasteiger partial charge in [0.2, 0.25) is 0 Å². The number of hydrogen-bond acceptors (Lipinski definition) is 3. The zero-order valence-electron chi connectivity index (χ0n) is 8.11. The van der Waals surface area contributed by atoms with Crippen LogP contribution in [0.2, 0.25) is 5.02 Å². The summed E-state index contributed by atoms with van der Waals surface area (Å²) < 4.78 is 23.9. The maximum atomic E-state index is 12.0. The van der Waals surface area contributed by atoms with Gasteiger partial charge >= 0.3 is 0 Å². The Labute approximate surface area is 94.2 Å². The van der Waals surface area contributed by atoms with E-state index in [4.69, 9.17) is 17.3 Å². The maximum Gasteiger partial charge on any atom is 0.182 e. The van der Waals surface area contributed by atoms with Crippen molar-refractivity contribution in [3.05, 3.63) is 23.2 Å². The van der Waals surface area contributed by atoms with Crippen molar-refractivity contribution in [2.75, 3.05) is 11.5 Å². The standard InChI is InChI=1S/C10H12ClNO2S/c11-8-2-1-3-9(12)10(8)15(13,14)6-7-4-5-7/h1-3,7H,4-6,12H2. The monoisotopic (exact) mass is 245 g/mol. The highest BCUT2D eigenvalue weighted by Crippen LogP contribution is 2.35. The van der Waals surface area contributed by atoms with Gasteiger partial charge in [0.25, 0.3) is 0 Å². The van der Waals surface area contributed by atoms with E-state index in [-0.39, 0.29) is 21.4 Å². The third kappa shape index (κ3) is 2.26. The molecule has 0 aromatic heterocycles. The van der Waals surface area contributed by atoms with Gasteiger partial charge in [-0.25, -0.2) is 8.42 Å². The lowest BCUT2D eigenvalue weighted by atomic mass is 10.3. The van der Waals surface area contributed by atoms with Crippen LogP contribution in [0.5, 0.6) is 0 Å². The van der Waals surface area contributed by atoms with Gasteiger partial charge in [-0.15, -0.1) is 0 Å². The second kappa shape index (κ2) is 3.68. The minimum Gasteiger partial charge on any atom is -0.398 e. The third-order valence-electron chi connectivity index (χ3n) is 2.46. The van der Waals surface area contributed by atoms with Crippen molar-refractivity contribution >= 4 is 27.1 Å². The summed E-state index contributed by atoms with van der Waals surface area (Å²) in [5.74, 6) is 0.465. The highest BCUT2D eigenvalue weighted by Gasteiger charge is 2.31. The topological polar surface area (TPSA) is 60.2 Å². The Bertz CT molecular complexity index is 460. The molecule has 82 valence electrons. The molecule has 1 aliphatic rings. The molecule has 1 aromatic rings. The van der Waals surface area contributed by atoms with E-state index in [9.17, 15) is 8.42 Å². The SMILES string of the molecule is Nc1cccc(Cl)c1S(=O)(=O)CC1CC1. The van der Waals surface area contributed by atoms with Crippen molar-refractivity contribution in [3.63, 3.8) is 0 Å². The molecule has 0 aliphatic heterocycles. The van der Waals surface area contributed by atoms with Gasteiger partial charge in [-0.2, -0.15) is 0 Å². The summed E-state index contributed by atoms with van der Waals surface area (Å²) >= 11 is 5.86. The molecule has 5 heteroatoms. The lowest BCUT2D eigenvalue weighted by Gasteiger charge is -2.08. The van der Waals surface area contributed by atoms with Crippen LogP contribution in [0.3, 0.4) is 0 Å². The zero-order valence-corrected chi connectivity index (χ0v) is 9.68. The molecule has 3 nitrogen and oxygen atoms in total. The van der Waals surface area contributed by atoms with E-state index < -0.39 is 9.84 Å². The first-order valence-electron chi connectivity index (χ1n) is 4.77. The van der Waals surface area contributed by atoms with Crippen LogP contribution in [-0.2, 0) is 9.84 Å². The molecule has 0 atom stereocenters. The van der Waals surface area contributed by atoms with Crippen molar-refractivity contribution in [1.29, 1.82) is 0 Å². The van der Waals surface area contributed by atoms with Crippen LogP contribution in [-0.4, -0.2) is 14.2 Å². The fraction of sp³-hybridized carbons (Fsp3) is 0.400. The van der Waals surface area contributed by atoms with Gasteiger partial charge in [0.05, 0.1) is 16.5 Å². The molecule has 1 fully saturated rings. The van der Waals surface area contributed by atoms with Crippen LogP contribution in [0.25, 0.3) is 0 Å². The van der Waals surface area contributed by atoms with Gasteiger partial charge in [0, 0.05) is 0 Å². The summed E-state index contributed by atoms with van der Waals surface area (Å²) in [5, 5.41) is 0.218. The Kier molecular flexibility index (Phi) is 2.64. The molecule has 1 aliphatic carbocycles. The van der Waals surface area contributed by atoms with Gasteiger partial charge in [-0.3, -0.25) is 0 Å². The molecule has 0 spiro atoms. The Morgan fingerprint density at radius 1 is 1.40 bits per heavy atom. The molecule has 15 heavy (non-hydrogen) atoms. The van der Waals surface area contributed by atoms with E-state index in [0.29, 0.717) is 5.92 Å². The molecule has 0 unspecified atom stereocenters. The van der Waals surface area contributed by atoms with Gasteiger partial charge in [0.1, 0.15) is 4.90 Å². The summed E-state index contributed by atoms with van der Waals surface area (Å²) in [6, 6.07) is 4.76. The van der Waals surface area contributed by atoms with E-state index >= 15 is 0 Å². The van der Waals surface area contributed by atoms with Crippen LogP contribution < -0.4 is 5.73 Å². The number of rotatable bonds is 3. The number of nitrogens with two attached hydrogens (primary N) is 1. The second-order valence-electron chi connectivity index (χ2n) is 3.88. The number of hydrogen-bond donors (Lipinski definition) is 1. The number of nitrogen functional groups attached to an aromatic ring is 1. The molecule has 0 amide bonds. The lowest BCUT2D eigenvalue weighted by molar-refractivity contribution is 0.593. The predicted octanol–water partition coefficient (Wildman–Crippen LogP) is 2.11. The van der Waals surface area contributed by atoms with E-state index in [2.05, 4.69) is 0 Å². The first-order valence-corrected chi connectivity index (χ1v) is 6.80. The normalized spacial score (nSPS) is 16.6. The van der Waals surface area contributed by atoms with Gasteiger partial charge in [0.15, 0.2) is 9.84 Å². The van der Waals surface area contributed by atoms with E-state index in [0.717, 1.165) is 12.8 Å². The van der Waals surface area contributed by atoms with Crippen molar-refractivity contribution in [2.45, 2.75) is 17.7 Å². The first-order chi connectivity index (χ1) is 7.00. The quantitative estimate of drug-likeness (QED) is 0.830. The zero-order chi connectivity index (χ0) is 11.1. The highest BCUT2D eigenvalue weighted by molar-refractivity contribution is 7.91. The Hall–Kier alpha value is -0.740. The molecule has 2 rings (SSSR count). The summed E-state index contributed by atoms with van der Waals surface area (Å²) in [5.41, 5.74) is 5.88. The molecular weight excluding hydrogens is 234 g/mol. The van der Waals surface area contributed by atoms with E-state index in [1.165, 1.54) is 0 Å². The van der Waals surface area contributed by atoms with Gasteiger partial charge in [-0.1, -0.05) is 17.7 Å². The summed E-state index contributed by atoms with van der Waals surface area (Å²) in [6.45, 7) is 0. The number of anilines is 1. The summed E-state index contributed by atoms with van der Waals surface area (Å²) in [6.07, 6.45) is 1.98. The van der Waals surface area contributed by atoms with E-state index in [1.54, 1.807) is 18.2 Å². The number of sulfone groups is 1. The smallest absolute Gasteiger partial charge is 0.182 e. The van der Waals surface area contributed by atoms with Gasteiger partial charge < -0.3 is 5.73 Å². The molecular formula is C10H12ClNO2S.